The van der Waals surface area contributed by atoms with Crippen molar-refractivity contribution in [3.8, 4) is 5.75 Å². The van der Waals surface area contributed by atoms with Crippen LogP contribution in [0.3, 0.4) is 0 Å². The number of aryl methyl sites for hydroxylation is 1. The second-order valence-electron chi connectivity index (χ2n) is 8.21. The number of nitrogens with one attached hydrogen (secondary N) is 1. The molecule has 1 fully saturated rings. The van der Waals surface area contributed by atoms with Gasteiger partial charge in [-0.15, -0.1) is 11.3 Å². The first-order chi connectivity index (χ1) is 15.2. The van der Waals surface area contributed by atoms with Crippen LogP contribution in [0, 0.1) is 6.92 Å². The molecule has 2 aliphatic heterocycles. The average Bonchev–Trinajstić information content (AvgIpc) is 3.08. The number of fused-ring (bicyclic) bond motifs is 2. The molecule has 1 N–H and O–H groups in total. The van der Waals surface area contributed by atoms with E-state index in [1.54, 1.807) is 11.3 Å². The monoisotopic (exact) mass is 432 g/mol. The highest BCUT2D eigenvalue weighted by Gasteiger charge is 2.29. The molecule has 0 radical (unpaired) electrons. The molecule has 0 amide bonds. The summed E-state index contributed by atoms with van der Waals surface area (Å²) in [6, 6.07) is 17.0. The van der Waals surface area contributed by atoms with Gasteiger partial charge in [0.2, 0.25) is 0 Å². The number of para-hydroxylation sites is 1. The minimum atomic E-state index is 0.431. The van der Waals surface area contributed by atoms with E-state index in [-0.39, 0.29) is 0 Å². The normalized spacial score (nSPS) is 18.5. The summed E-state index contributed by atoms with van der Waals surface area (Å²) in [5.74, 6) is 0.939. The van der Waals surface area contributed by atoms with Crippen LogP contribution < -0.4 is 20.6 Å². The van der Waals surface area contributed by atoms with Crippen LogP contribution in [0.4, 0.5) is 5.00 Å². The Morgan fingerprint density at radius 1 is 1.16 bits per heavy atom. The molecule has 0 aliphatic carbocycles. The number of piperazine rings is 1. The minimum Gasteiger partial charge on any atom is -0.494 e. The van der Waals surface area contributed by atoms with E-state index in [1.807, 2.05) is 42.6 Å². The van der Waals surface area contributed by atoms with Crippen molar-refractivity contribution in [3.05, 3.63) is 75.7 Å². The van der Waals surface area contributed by atoms with Crippen LogP contribution in [0.5, 0.6) is 5.75 Å². The van der Waals surface area contributed by atoms with E-state index < -0.39 is 0 Å². The van der Waals surface area contributed by atoms with Crippen LogP contribution in [0.1, 0.15) is 16.9 Å². The van der Waals surface area contributed by atoms with Gasteiger partial charge in [-0.3, -0.25) is 9.88 Å². The molecule has 4 heterocycles. The van der Waals surface area contributed by atoms with Crippen LogP contribution in [0.25, 0.3) is 11.9 Å². The molecule has 5 nitrogen and oxygen atoms in total. The molecule has 3 aromatic rings. The summed E-state index contributed by atoms with van der Waals surface area (Å²) in [5.41, 5.74) is 2.51. The topological polar surface area (TPSA) is 40.6 Å². The van der Waals surface area contributed by atoms with Gasteiger partial charge < -0.3 is 15.0 Å². The van der Waals surface area contributed by atoms with Gasteiger partial charge >= 0.3 is 0 Å². The van der Waals surface area contributed by atoms with Gasteiger partial charge in [-0.25, -0.2) is 0 Å². The summed E-state index contributed by atoms with van der Waals surface area (Å²) in [5, 5.41) is 6.93. The number of anilines is 1. The number of likely N-dealkylation sites (N-methyl/N-ethyl adjacent to an activating group) is 1. The molecule has 31 heavy (non-hydrogen) atoms. The maximum atomic E-state index is 6.00. The lowest BCUT2D eigenvalue weighted by Crippen LogP contribution is -2.52. The van der Waals surface area contributed by atoms with Gasteiger partial charge in [0.25, 0.3) is 0 Å². The Labute approximate surface area is 187 Å². The van der Waals surface area contributed by atoms with E-state index in [0.29, 0.717) is 6.04 Å². The fourth-order valence-corrected chi connectivity index (χ4v) is 5.29. The number of aromatic nitrogens is 1. The third-order valence-electron chi connectivity index (χ3n) is 6.09. The van der Waals surface area contributed by atoms with Crippen molar-refractivity contribution in [3.63, 3.8) is 0 Å². The van der Waals surface area contributed by atoms with E-state index in [9.17, 15) is 0 Å². The van der Waals surface area contributed by atoms with E-state index >= 15 is 0 Å². The SMILES string of the molecule is Cc1cc2c(s1)NC=c1cccnc1=C2N1CCN(C)C(CCOc2ccccc2)C1. The lowest BCUT2D eigenvalue weighted by molar-refractivity contribution is 0.113. The zero-order valence-corrected chi connectivity index (χ0v) is 18.9. The first-order valence-corrected chi connectivity index (χ1v) is 11.7. The smallest absolute Gasteiger partial charge is 0.119 e. The van der Waals surface area contributed by atoms with Crippen molar-refractivity contribution in [1.82, 2.24) is 14.8 Å². The van der Waals surface area contributed by atoms with Crippen molar-refractivity contribution in [1.29, 1.82) is 0 Å². The van der Waals surface area contributed by atoms with Gasteiger partial charge in [-0.1, -0.05) is 18.2 Å². The second-order valence-corrected chi connectivity index (χ2v) is 9.47. The van der Waals surface area contributed by atoms with Crippen molar-refractivity contribution in [2.24, 2.45) is 0 Å². The van der Waals surface area contributed by atoms with Crippen LogP contribution in [-0.4, -0.2) is 54.1 Å². The molecule has 0 spiro atoms. The Balaban J connectivity index is 1.42. The van der Waals surface area contributed by atoms with Crippen molar-refractivity contribution < 1.29 is 4.74 Å². The van der Waals surface area contributed by atoms with E-state index in [1.165, 1.54) is 21.1 Å². The van der Waals surface area contributed by atoms with Gasteiger partial charge in [0.15, 0.2) is 0 Å². The van der Waals surface area contributed by atoms with Crippen molar-refractivity contribution in [2.45, 2.75) is 19.4 Å². The standard InChI is InChI=1S/C25H28N4OS/c1-18-15-22-24(23-19(7-6-11-26-23)16-27-25(22)31-18)29-13-12-28(2)20(17-29)10-14-30-21-8-4-3-5-9-21/h3-9,11,15-16,20,27H,10,12-14,17H2,1-2H3. The largest absolute Gasteiger partial charge is 0.494 e. The van der Waals surface area contributed by atoms with Gasteiger partial charge in [0.1, 0.15) is 10.8 Å². The summed E-state index contributed by atoms with van der Waals surface area (Å²) < 4.78 is 6.00. The number of ether oxygens (including phenoxy) is 1. The summed E-state index contributed by atoms with van der Waals surface area (Å²) >= 11 is 1.81. The molecule has 2 aliphatic rings. The zero-order chi connectivity index (χ0) is 21.2. The number of rotatable bonds is 5. The number of hydrogen-bond donors (Lipinski definition) is 1. The molecule has 160 valence electrons. The molecule has 0 bridgehead atoms. The minimum absolute atomic E-state index is 0.431. The van der Waals surface area contributed by atoms with Crippen LogP contribution >= 0.6 is 11.3 Å². The molecular weight excluding hydrogens is 404 g/mol. The fourth-order valence-electron chi connectivity index (χ4n) is 4.41. The lowest BCUT2D eigenvalue weighted by atomic mass is 10.1. The highest BCUT2D eigenvalue weighted by Crippen LogP contribution is 2.34. The molecule has 1 unspecified atom stereocenters. The lowest BCUT2D eigenvalue weighted by Gasteiger charge is -2.41. The number of pyridine rings is 1. The quantitative estimate of drug-likeness (QED) is 0.672. The molecule has 1 aromatic carbocycles. The van der Waals surface area contributed by atoms with Gasteiger partial charge in [-0.05, 0) is 50.7 Å². The second kappa shape index (κ2) is 8.73. The molecule has 0 saturated carbocycles. The molecule has 6 heteroatoms. The van der Waals surface area contributed by atoms with E-state index in [2.05, 4.69) is 47.4 Å². The predicted molar refractivity (Wildman–Crippen MR) is 128 cm³/mol. The Morgan fingerprint density at radius 2 is 2.03 bits per heavy atom. The molecular formula is C25H28N4OS. The van der Waals surface area contributed by atoms with Crippen LogP contribution in [-0.2, 0) is 0 Å². The number of benzene rings is 1. The summed E-state index contributed by atoms with van der Waals surface area (Å²) in [4.78, 5) is 11.1. The third kappa shape index (κ3) is 4.18. The zero-order valence-electron chi connectivity index (χ0n) is 18.0. The Kier molecular flexibility index (Phi) is 5.66. The molecule has 1 saturated heterocycles. The van der Waals surface area contributed by atoms with E-state index in [4.69, 9.17) is 9.72 Å². The van der Waals surface area contributed by atoms with Gasteiger partial charge in [0, 0.05) is 53.7 Å². The Hall–Kier alpha value is -2.83. The Bertz CT molecular complexity index is 1170. The maximum Gasteiger partial charge on any atom is 0.119 e. The molecule has 5 rings (SSSR count). The summed E-state index contributed by atoms with van der Waals surface area (Å²) in [6.45, 7) is 5.87. The molecule has 1 atom stereocenters. The summed E-state index contributed by atoms with van der Waals surface area (Å²) in [6.07, 6.45) is 4.98. The highest BCUT2D eigenvalue weighted by atomic mass is 32.1. The fraction of sp³-hybridized carbons (Fsp3) is 0.320. The van der Waals surface area contributed by atoms with Crippen LogP contribution in [0.15, 0.2) is 54.7 Å². The highest BCUT2D eigenvalue weighted by molar-refractivity contribution is 7.16. The summed E-state index contributed by atoms with van der Waals surface area (Å²) in [7, 11) is 2.23. The predicted octanol–water partition coefficient (Wildman–Crippen LogP) is 2.86. The van der Waals surface area contributed by atoms with Crippen LogP contribution in [0.2, 0.25) is 0 Å². The molecule has 2 aromatic heterocycles. The maximum absolute atomic E-state index is 6.00. The Morgan fingerprint density at radius 3 is 2.90 bits per heavy atom. The first kappa shape index (κ1) is 20.1. The van der Waals surface area contributed by atoms with Crippen molar-refractivity contribution >= 4 is 28.2 Å². The van der Waals surface area contributed by atoms with Gasteiger partial charge in [0.05, 0.1) is 17.7 Å². The number of nitrogens with zero attached hydrogens (tertiary/aromatic N) is 3. The first-order valence-electron chi connectivity index (χ1n) is 10.8. The average molecular weight is 433 g/mol. The number of thiophene rings is 1. The van der Waals surface area contributed by atoms with Gasteiger partial charge in [-0.2, -0.15) is 0 Å². The third-order valence-corrected chi connectivity index (χ3v) is 7.07. The van der Waals surface area contributed by atoms with Crippen molar-refractivity contribution in [2.75, 3.05) is 38.6 Å². The van der Waals surface area contributed by atoms with E-state index in [0.717, 1.165) is 49.0 Å². The number of hydrogen-bond acceptors (Lipinski definition) is 6.